The maximum atomic E-state index is 3.69. The van der Waals surface area contributed by atoms with Crippen molar-refractivity contribution < 1.29 is 0 Å². The van der Waals surface area contributed by atoms with Crippen LogP contribution in [0.5, 0.6) is 0 Å². The number of fused-ring (bicyclic) bond motifs is 1. The molecule has 1 aliphatic carbocycles. The number of hydrogen-bond donors (Lipinski definition) is 1. The molecule has 0 amide bonds. The molecular formula is C14H21NS. The van der Waals surface area contributed by atoms with Crippen molar-refractivity contribution in [3.8, 4) is 0 Å². The molecule has 0 saturated heterocycles. The van der Waals surface area contributed by atoms with E-state index >= 15 is 0 Å². The average molecular weight is 235 g/mol. The van der Waals surface area contributed by atoms with Crippen molar-refractivity contribution in [3.63, 3.8) is 0 Å². The fourth-order valence-corrected chi connectivity index (χ4v) is 2.70. The minimum absolute atomic E-state index is 0.587. The van der Waals surface area contributed by atoms with Crippen molar-refractivity contribution >= 4 is 11.8 Å². The van der Waals surface area contributed by atoms with E-state index in [9.17, 15) is 0 Å². The van der Waals surface area contributed by atoms with Gasteiger partial charge in [-0.25, -0.2) is 0 Å². The molecule has 0 aromatic heterocycles. The van der Waals surface area contributed by atoms with Gasteiger partial charge >= 0.3 is 0 Å². The summed E-state index contributed by atoms with van der Waals surface area (Å²) in [5.74, 6) is 0. The van der Waals surface area contributed by atoms with Crippen LogP contribution in [0.2, 0.25) is 0 Å². The summed E-state index contributed by atoms with van der Waals surface area (Å²) in [6, 6.07) is 7.29. The lowest BCUT2D eigenvalue weighted by molar-refractivity contribution is 0.533. The minimum Gasteiger partial charge on any atom is -0.309 e. The average Bonchev–Trinajstić information content (AvgIpc) is 2.70. The van der Waals surface area contributed by atoms with Crippen LogP contribution in [-0.2, 0) is 6.42 Å². The maximum absolute atomic E-state index is 3.69. The van der Waals surface area contributed by atoms with Crippen molar-refractivity contribution in [2.75, 3.05) is 12.8 Å². The molecule has 1 N–H and O–H groups in total. The van der Waals surface area contributed by atoms with Crippen LogP contribution in [0, 0.1) is 6.92 Å². The smallest absolute Gasteiger partial charge is 0.0326 e. The first-order chi connectivity index (χ1) is 7.72. The van der Waals surface area contributed by atoms with E-state index in [4.69, 9.17) is 0 Å². The number of hydrogen-bond acceptors (Lipinski definition) is 2. The summed E-state index contributed by atoms with van der Waals surface area (Å²) >= 11 is 1.93. The van der Waals surface area contributed by atoms with Gasteiger partial charge in [-0.05, 0) is 42.7 Å². The van der Waals surface area contributed by atoms with Gasteiger partial charge in [0.05, 0.1) is 0 Å². The molecule has 0 heterocycles. The van der Waals surface area contributed by atoms with Gasteiger partial charge in [-0.2, -0.15) is 11.8 Å². The third-order valence-corrected chi connectivity index (χ3v) is 4.53. The normalized spacial score (nSPS) is 20.8. The third-order valence-electron chi connectivity index (χ3n) is 3.56. The highest BCUT2D eigenvalue weighted by molar-refractivity contribution is 7.99. The summed E-state index contributed by atoms with van der Waals surface area (Å²) in [6.45, 7) is 5.62. The first-order valence-corrected chi connectivity index (χ1v) is 7.35. The maximum Gasteiger partial charge on any atom is 0.0326 e. The van der Waals surface area contributed by atoms with Gasteiger partial charge in [-0.3, -0.25) is 0 Å². The fourth-order valence-electron chi connectivity index (χ4n) is 2.44. The largest absolute Gasteiger partial charge is 0.309 e. The monoisotopic (exact) mass is 235 g/mol. The molecule has 2 atom stereocenters. The number of rotatable bonds is 4. The summed E-state index contributed by atoms with van der Waals surface area (Å²) in [5, 5.41) is 4.40. The Bertz CT molecular complexity index is 362. The van der Waals surface area contributed by atoms with E-state index in [1.165, 1.54) is 24.0 Å². The molecule has 0 spiro atoms. The first kappa shape index (κ1) is 12.0. The molecular weight excluding hydrogens is 214 g/mol. The molecule has 2 rings (SSSR count). The fraction of sp³-hybridized carbons (Fsp3) is 0.571. The zero-order chi connectivity index (χ0) is 11.5. The number of benzene rings is 1. The van der Waals surface area contributed by atoms with Crippen LogP contribution < -0.4 is 5.32 Å². The van der Waals surface area contributed by atoms with Gasteiger partial charge < -0.3 is 5.32 Å². The summed E-state index contributed by atoms with van der Waals surface area (Å²) in [6.07, 6.45) is 4.69. The topological polar surface area (TPSA) is 12.0 Å². The van der Waals surface area contributed by atoms with Crippen molar-refractivity contribution in [1.29, 1.82) is 0 Å². The Morgan fingerprint density at radius 3 is 3.06 bits per heavy atom. The molecule has 2 heteroatoms. The zero-order valence-corrected chi connectivity index (χ0v) is 11.2. The Morgan fingerprint density at radius 1 is 1.50 bits per heavy atom. The Morgan fingerprint density at radius 2 is 2.31 bits per heavy atom. The molecule has 0 fully saturated rings. The molecule has 0 aliphatic heterocycles. The summed E-state index contributed by atoms with van der Waals surface area (Å²) in [4.78, 5) is 0. The van der Waals surface area contributed by atoms with Crippen LogP contribution in [0.15, 0.2) is 18.2 Å². The highest BCUT2D eigenvalue weighted by Gasteiger charge is 2.22. The van der Waals surface area contributed by atoms with Crippen molar-refractivity contribution in [1.82, 2.24) is 5.32 Å². The SMILES string of the molecule is CSC(C)CNC1CCc2c(C)cccc21. The predicted octanol–water partition coefficient (Wildman–Crippen LogP) is 3.32. The summed E-state index contributed by atoms with van der Waals surface area (Å²) in [5.41, 5.74) is 4.57. The van der Waals surface area contributed by atoms with E-state index in [1.54, 1.807) is 5.56 Å². The summed E-state index contributed by atoms with van der Waals surface area (Å²) in [7, 11) is 0. The van der Waals surface area contributed by atoms with Crippen LogP contribution in [0.25, 0.3) is 0 Å². The van der Waals surface area contributed by atoms with Crippen molar-refractivity contribution in [3.05, 3.63) is 34.9 Å². The van der Waals surface area contributed by atoms with Crippen molar-refractivity contribution in [2.45, 2.75) is 38.0 Å². The van der Waals surface area contributed by atoms with E-state index in [1.807, 2.05) is 11.8 Å². The second kappa shape index (κ2) is 5.24. The highest BCUT2D eigenvalue weighted by Crippen LogP contribution is 2.32. The van der Waals surface area contributed by atoms with Crippen LogP contribution in [0.1, 0.15) is 36.1 Å². The molecule has 1 aliphatic rings. The Hall–Kier alpha value is -0.470. The molecule has 0 saturated carbocycles. The third kappa shape index (κ3) is 2.44. The van der Waals surface area contributed by atoms with E-state index in [-0.39, 0.29) is 0 Å². The molecule has 1 aromatic rings. The lowest BCUT2D eigenvalue weighted by Crippen LogP contribution is -2.26. The minimum atomic E-state index is 0.587. The Kier molecular flexibility index (Phi) is 3.93. The van der Waals surface area contributed by atoms with Gasteiger partial charge in [-0.15, -0.1) is 0 Å². The molecule has 0 bridgehead atoms. The molecule has 1 aromatic carbocycles. The predicted molar refractivity (Wildman–Crippen MR) is 73.2 cm³/mol. The molecule has 1 nitrogen and oxygen atoms in total. The lowest BCUT2D eigenvalue weighted by atomic mass is 10.0. The van der Waals surface area contributed by atoms with E-state index in [2.05, 4.69) is 43.6 Å². The van der Waals surface area contributed by atoms with Gasteiger partial charge in [0, 0.05) is 17.8 Å². The number of thioether (sulfide) groups is 1. The van der Waals surface area contributed by atoms with E-state index < -0.39 is 0 Å². The molecule has 0 radical (unpaired) electrons. The molecule has 16 heavy (non-hydrogen) atoms. The second-order valence-electron chi connectivity index (χ2n) is 4.69. The highest BCUT2D eigenvalue weighted by atomic mass is 32.2. The Labute approximate surface area is 103 Å². The Balaban J connectivity index is 2.03. The van der Waals surface area contributed by atoms with Crippen LogP contribution in [0.4, 0.5) is 0 Å². The van der Waals surface area contributed by atoms with Gasteiger partial charge in [0.15, 0.2) is 0 Å². The van der Waals surface area contributed by atoms with Crippen molar-refractivity contribution in [2.24, 2.45) is 0 Å². The van der Waals surface area contributed by atoms with Gasteiger partial charge in [0.1, 0.15) is 0 Å². The number of aryl methyl sites for hydroxylation is 1. The van der Waals surface area contributed by atoms with E-state index in [0.29, 0.717) is 11.3 Å². The quantitative estimate of drug-likeness (QED) is 0.859. The second-order valence-corrected chi connectivity index (χ2v) is 5.96. The molecule has 2 unspecified atom stereocenters. The van der Waals surface area contributed by atoms with Crippen LogP contribution >= 0.6 is 11.8 Å². The standard InChI is InChI=1S/C14H21NS/c1-10-5-4-6-13-12(10)7-8-14(13)15-9-11(2)16-3/h4-6,11,14-15H,7-9H2,1-3H3. The van der Waals surface area contributed by atoms with Gasteiger partial charge in [0.25, 0.3) is 0 Å². The zero-order valence-electron chi connectivity index (χ0n) is 10.4. The van der Waals surface area contributed by atoms with E-state index in [0.717, 1.165) is 6.54 Å². The summed E-state index contributed by atoms with van der Waals surface area (Å²) < 4.78 is 0. The van der Waals surface area contributed by atoms with Gasteiger partial charge in [-0.1, -0.05) is 25.1 Å². The van der Waals surface area contributed by atoms with Crippen LogP contribution in [-0.4, -0.2) is 18.1 Å². The van der Waals surface area contributed by atoms with Gasteiger partial charge in [0.2, 0.25) is 0 Å². The molecule has 88 valence electrons. The first-order valence-electron chi connectivity index (χ1n) is 6.07. The lowest BCUT2D eigenvalue weighted by Gasteiger charge is -2.17. The van der Waals surface area contributed by atoms with Crippen LogP contribution in [0.3, 0.4) is 0 Å². The number of nitrogens with one attached hydrogen (secondary N) is 1.